The van der Waals surface area contributed by atoms with E-state index >= 15 is 0 Å². The third kappa shape index (κ3) is 7.26. The van der Waals surface area contributed by atoms with E-state index in [2.05, 4.69) is 19.1 Å². The number of benzene rings is 1. The molecule has 3 heteroatoms. The zero-order valence-corrected chi connectivity index (χ0v) is 12.7. The second-order valence-electron chi connectivity index (χ2n) is 4.56. The van der Waals surface area contributed by atoms with Crippen LogP contribution in [-0.2, 0) is 9.53 Å². The van der Waals surface area contributed by atoms with Crippen molar-refractivity contribution < 1.29 is 9.53 Å². The summed E-state index contributed by atoms with van der Waals surface area (Å²) in [6.45, 7) is 4.52. The van der Waals surface area contributed by atoms with E-state index < -0.39 is 0 Å². The molecule has 1 aromatic carbocycles. The fourth-order valence-electron chi connectivity index (χ4n) is 1.92. The molecule has 19 heavy (non-hydrogen) atoms. The summed E-state index contributed by atoms with van der Waals surface area (Å²) in [5, 5.41) is 0.327. The van der Waals surface area contributed by atoms with Crippen LogP contribution in [0.1, 0.15) is 46.0 Å². The second kappa shape index (κ2) is 9.90. The van der Waals surface area contributed by atoms with Crippen LogP contribution in [-0.4, -0.2) is 17.8 Å². The Morgan fingerprint density at radius 2 is 1.95 bits per heavy atom. The van der Waals surface area contributed by atoms with Crippen molar-refractivity contribution in [2.45, 2.75) is 56.1 Å². The first-order valence-corrected chi connectivity index (χ1v) is 8.01. The summed E-state index contributed by atoms with van der Waals surface area (Å²) in [6, 6.07) is 10.3. The number of thioether (sulfide) groups is 1. The normalized spacial score (nSPS) is 12.1. The van der Waals surface area contributed by atoms with Crippen LogP contribution >= 0.6 is 11.8 Å². The van der Waals surface area contributed by atoms with E-state index in [-0.39, 0.29) is 5.97 Å². The smallest absolute Gasteiger partial charge is 0.306 e. The largest absolute Gasteiger partial charge is 0.466 e. The van der Waals surface area contributed by atoms with Crippen LogP contribution in [0.25, 0.3) is 0 Å². The van der Waals surface area contributed by atoms with Gasteiger partial charge in [0.2, 0.25) is 0 Å². The van der Waals surface area contributed by atoms with Gasteiger partial charge in [-0.1, -0.05) is 44.4 Å². The molecule has 0 radical (unpaired) electrons. The summed E-state index contributed by atoms with van der Waals surface area (Å²) in [5.74, 6) is -0.0765. The number of unbranched alkanes of at least 4 members (excludes halogenated alkanes) is 2. The van der Waals surface area contributed by atoms with Crippen LogP contribution in [0.2, 0.25) is 0 Å². The lowest BCUT2D eigenvalue weighted by molar-refractivity contribution is -0.143. The van der Waals surface area contributed by atoms with Crippen molar-refractivity contribution in [3.63, 3.8) is 0 Å². The van der Waals surface area contributed by atoms with Crippen LogP contribution in [0, 0.1) is 0 Å². The highest BCUT2D eigenvalue weighted by Gasteiger charge is 2.15. The minimum absolute atomic E-state index is 0.0765. The molecule has 2 nitrogen and oxygen atoms in total. The SMILES string of the molecule is CCCCCC(CC(=O)OCC)Sc1ccccc1. The molecule has 1 aromatic rings. The lowest BCUT2D eigenvalue weighted by atomic mass is 10.1. The van der Waals surface area contributed by atoms with E-state index in [1.165, 1.54) is 24.2 Å². The Kier molecular flexibility index (Phi) is 8.39. The topological polar surface area (TPSA) is 26.3 Å². The molecule has 1 atom stereocenters. The van der Waals surface area contributed by atoms with Crippen molar-refractivity contribution in [2.75, 3.05) is 6.61 Å². The highest BCUT2D eigenvalue weighted by Crippen LogP contribution is 2.29. The third-order valence-corrected chi connectivity index (χ3v) is 4.16. The molecule has 0 spiro atoms. The van der Waals surface area contributed by atoms with Crippen LogP contribution in [0.15, 0.2) is 35.2 Å². The number of ether oxygens (including phenoxy) is 1. The van der Waals surface area contributed by atoms with Gasteiger partial charge in [0.1, 0.15) is 0 Å². The standard InChI is InChI=1S/C16H24O2S/c1-3-5-7-12-15(13-16(17)18-4-2)19-14-10-8-6-9-11-14/h6,8-11,15H,3-5,7,12-13H2,1-2H3. The molecule has 0 aliphatic rings. The lowest BCUT2D eigenvalue weighted by Gasteiger charge is -2.15. The minimum atomic E-state index is -0.0765. The van der Waals surface area contributed by atoms with Gasteiger partial charge in [0, 0.05) is 10.1 Å². The van der Waals surface area contributed by atoms with E-state index in [4.69, 9.17) is 4.74 Å². The van der Waals surface area contributed by atoms with Gasteiger partial charge < -0.3 is 4.74 Å². The van der Waals surface area contributed by atoms with Crippen LogP contribution < -0.4 is 0 Å². The molecule has 106 valence electrons. The fraction of sp³-hybridized carbons (Fsp3) is 0.562. The Morgan fingerprint density at radius 1 is 1.21 bits per heavy atom. The van der Waals surface area contributed by atoms with Crippen molar-refractivity contribution in [2.24, 2.45) is 0 Å². The van der Waals surface area contributed by atoms with Gasteiger partial charge in [-0.05, 0) is 25.5 Å². The number of carbonyl (C=O) groups is 1. The number of hydrogen-bond acceptors (Lipinski definition) is 3. The first kappa shape index (κ1) is 16.1. The number of hydrogen-bond donors (Lipinski definition) is 0. The first-order chi connectivity index (χ1) is 9.26. The van der Waals surface area contributed by atoms with Crippen LogP contribution in [0.3, 0.4) is 0 Å². The Bertz CT molecular complexity index is 351. The van der Waals surface area contributed by atoms with Gasteiger partial charge in [0.25, 0.3) is 0 Å². The van der Waals surface area contributed by atoms with Gasteiger partial charge in [-0.15, -0.1) is 11.8 Å². The van der Waals surface area contributed by atoms with Crippen LogP contribution in [0.4, 0.5) is 0 Å². The molecule has 0 saturated heterocycles. The van der Waals surface area contributed by atoms with Crippen molar-refractivity contribution in [1.29, 1.82) is 0 Å². The van der Waals surface area contributed by atoms with E-state index in [1.54, 1.807) is 11.8 Å². The fourth-order valence-corrected chi connectivity index (χ4v) is 3.13. The highest BCUT2D eigenvalue weighted by molar-refractivity contribution is 8.00. The molecule has 0 bridgehead atoms. The van der Waals surface area contributed by atoms with E-state index in [0.717, 1.165) is 6.42 Å². The summed E-state index contributed by atoms with van der Waals surface area (Å²) in [6.07, 6.45) is 5.21. The molecule has 0 fully saturated rings. The van der Waals surface area contributed by atoms with Crippen molar-refractivity contribution >= 4 is 17.7 Å². The van der Waals surface area contributed by atoms with E-state index in [1.807, 2.05) is 25.1 Å². The quantitative estimate of drug-likeness (QED) is 0.373. The zero-order chi connectivity index (χ0) is 13.9. The van der Waals surface area contributed by atoms with Crippen molar-refractivity contribution in [1.82, 2.24) is 0 Å². The highest BCUT2D eigenvalue weighted by atomic mass is 32.2. The summed E-state index contributed by atoms with van der Waals surface area (Å²) in [7, 11) is 0. The molecule has 0 saturated carbocycles. The maximum atomic E-state index is 11.6. The monoisotopic (exact) mass is 280 g/mol. The van der Waals surface area contributed by atoms with Gasteiger partial charge in [-0.25, -0.2) is 0 Å². The predicted octanol–water partition coefficient (Wildman–Crippen LogP) is 4.68. The van der Waals surface area contributed by atoms with Gasteiger partial charge in [0.05, 0.1) is 13.0 Å². The van der Waals surface area contributed by atoms with Gasteiger partial charge in [0.15, 0.2) is 0 Å². The third-order valence-electron chi connectivity index (χ3n) is 2.88. The second-order valence-corrected chi connectivity index (χ2v) is 5.93. The summed E-state index contributed by atoms with van der Waals surface area (Å²) >= 11 is 1.79. The molecule has 0 heterocycles. The Morgan fingerprint density at radius 3 is 2.58 bits per heavy atom. The van der Waals surface area contributed by atoms with Gasteiger partial charge in [-0.2, -0.15) is 0 Å². The van der Waals surface area contributed by atoms with Crippen molar-refractivity contribution in [3.8, 4) is 0 Å². The average Bonchev–Trinajstić information content (AvgIpc) is 2.40. The molecule has 0 amide bonds. The van der Waals surface area contributed by atoms with Gasteiger partial charge in [-0.3, -0.25) is 4.79 Å². The number of rotatable bonds is 9. The van der Waals surface area contributed by atoms with E-state index in [9.17, 15) is 4.79 Å². The zero-order valence-electron chi connectivity index (χ0n) is 11.9. The molecule has 1 unspecified atom stereocenters. The summed E-state index contributed by atoms with van der Waals surface area (Å²) in [5.41, 5.74) is 0. The molecule has 0 aliphatic heterocycles. The van der Waals surface area contributed by atoms with E-state index in [0.29, 0.717) is 18.3 Å². The molecular formula is C16H24O2S. The molecular weight excluding hydrogens is 256 g/mol. The minimum Gasteiger partial charge on any atom is -0.466 e. The number of esters is 1. The Hall–Kier alpha value is -0.960. The Balaban J connectivity index is 2.50. The van der Waals surface area contributed by atoms with Crippen LogP contribution in [0.5, 0.6) is 0 Å². The Labute approximate surface area is 120 Å². The summed E-state index contributed by atoms with van der Waals surface area (Å²) < 4.78 is 5.06. The first-order valence-electron chi connectivity index (χ1n) is 7.13. The maximum Gasteiger partial charge on any atom is 0.306 e. The maximum absolute atomic E-state index is 11.6. The van der Waals surface area contributed by atoms with Gasteiger partial charge >= 0.3 is 5.97 Å². The average molecular weight is 280 g/mol. The molecule has 0 aliphatic carbocycles. The number of carbonyl (C=O) groups excluding carboxylic acids is 1. The molecule has 1 rings (SSSR count). The predicted molar refractivity (Wildman–Crippen MR) is 81.5 cm³/mol. The van der Waals surface area contributed by atoms with Crippen molar-refractivity contribution in [3.05, 3.63) is 30.3 Å². The lowest BCUT2D eigenvalue weighted by Crippen LogP contribution is -2.13. The molecule has 0 aromatic heterocycles. The summed E-state index contributed by atoms with van der Waals surface area (Å²) in [4.78, 5) is 12.9. The molecule has 0 N–H and O–H groups in total.